The summed E-state index contributed by atoms with van der Waals surface area (Å²) in [6, 6.07) is 9.99. The Labute approximate surface area is 298 Å². The molecule has 282 valence electrons. The normalized spacial score (nSPS) is 20.4. The van der Waals surface area contributed by atoms with Crippen LogP contribution in [0.4, 0.5) is 32.0 Å². The van der Waals surface area contributed by atoms with Crippen molar-refractivity contribution in [1.29, 1.82) is 0 Å². The van der Waals surface area contributed by atoms with Crippen LogP contribution in [0.15, 0.2) is 89.6 Å². The summed E-state index contributed by atoms with van der Waals surface area (Å²) in [7, 11) is 1.57. The van der Waals surface area contributed by atoms with Gasteiger partial charge in [0.15, 0.2) is 0 Å². The smallest absolute Gasteiger partial charge is 0.416 e. The highest BCUT2D eigenvalue weighted by Crippen LogP contribution is 2.41. The van der Waals surface area contributed by atoms with E-state index in [0.29, 0.717) is 32.1 Å². The second-order valence-corrected chi connectivity index (χ2v) is 12.2. The van der Waals surface area contributed by atoms with Gasteiger partial charge in [-0.15, -0.1) is 6.58 Å². The van der Waals surface area contributed by atoms with Gasteiger partial charge in [0.05, 0.1) is 35.0 Å². The molecule has 2 aromatic rings. The minimum atomic E-state index is -4.92. The van der Waals surface area contributed by atoms with E-state index in [1.54, 1.807) is 12.0 Å². The van der Waals surface area contributed by atoms with E-state index in [4.69, 9.17) is 14.2 Å². The van der Waals surface area contributed by atoms with Crippen molar-refractivity contribution < 1.29 is 50.1 Å². The van der Waals surface area contributed by atoms with Crippen LogP contribution in [0.25, 0.3) is 0 Å². The molecule has 2 fully saturated rings. The first-order chi connectivity index (χ1) is 24.7. The fourth-order valence-corrected chi connectivity index (χ4v) is 6.59. The first-order valence-corrected chi connectivity index (χ1v) is 16.6. The van der Waals surface area contributed by atoms with Gasteiger partial charge < -0.3 is 28.9 Å². The Morgan fingerprint density at radius 3 is 2.23 bits per heavy atom. The van der Waals surface area contributed by atoms with Crippen LogP contribution in [-0.4, -0.2) is 99.2 Å². The van der Waals surface area contributed by atoms with Crippen molar-refractivity contribution in [3.8, 4) is 11.5 Å². The number of nitrogens with zero attached hydrogens (tertiary/aromatic N) is 4. The van der Waals surface area contributed by atoms with Crippen LogP contribution in [0.2, 0.25) is 0 Å². The number of anilines is 1. The molecule has 9 nitrogen and oxygen atoms in total. The summed E-state index contributed by atoms with van der Waals surface area (Å²) in [6.07, 6.45) is -6.60. The predicted octanol–water partition coefficient (Wildman–Crippen LogP) is 6.86. The number of allylic oxidation sites excluding steroid dienone is 1. The van der Waals surface area contributed by atoms with Gasteiger partial charge >= 0.3 is 12.4 Å². The number of likely N-dealkylation sites (tertiary alicyclic amines) is 1. The third kappa shape index (κ3) is 8.98. The van der Waals surface area contributed by atoms with Gasteiger partial charge in [0.25, 0.3) is 11.8 Å². The minimum Gasteiger partial charge on any atom is -0.489 e. The van der Waals surface area contributed by atoms with Gasteiger partial charge in [-0.3, -0.25) is 14.6 Å². The van der Waals surface area contributed by atoms with Gasteiger partial charge in [-0.25, -0.2) is 0 Å². The molecule has 2 aromatic carbocycles. The van der Waals surface area contributed by atoms with E-state index in [9.17, 15) is 35.9 Å². The molecule has 0 saturated carbocycles. The Morgan fingerprint density at radius 2 is 1.65 bits per heavy atom. The number of methoxy groups -OCH3 is 1. The van der Waals surface area contributed by atoms with Gasteiger partial charge in [-0.2, -0.15) is 26.3 Å². The van der Waals surface area contributed by atoms with E-state index in [-0.39, 0.29) is 44.6 Å². The fraction of sp³-hybridized carbons (Fsp3) is 0.432. The topological polar surface area (TPSA) is 83.9 Å². The number of carbonyl (C=O) groups is 2. The van der Waals surface area contributed by atoms with Crippen LogP contribution < -0.4 is 14.4 Å². The number of benzene rings is 2. The maximum atomic E-state index is 14.8. The molecular weight excluding hydrogens is 694 g/mol. The SMILES string of the molecule is C=CC[C@H]1N(C(=O)C(=C/N=C)/C(=C\C)C(F)(F)F)CCC[C@@]1(Oc1ccc(C(F)(F)F)cc1)C(=O)N1CCN(c2ccccc2OCCOC)CC1. The zero-order valence-electron chi connectivity index (χ0n) is 29.0. The van der Waals surface area contributed by atoms with Crippen molar-refractivity contribution >= 4 is 24.2 Å². The number of amides is 2. The third-order valence-electron chi connectivity index (χ3n) is 9.01. The molecule has 0 radical (unpaired) electrons. The molecule has 15 heteroatoms. The van der Waals surface area contributed by atoms with Crippen molar-refractivity contribution in [1.82, 2.24) is 9.80 Å². The highest BCUT2D eigenvalue weighted by atomic mass is 19.4. The molecule has 0 spiro atoms. The summed E-state index contributed by atoms with van der Waals surface area (Å²) in [5, 5.41) is 0. The highest BCUT2D eigenvalue weighted by Gasteiger charge is 2.56. The summed E-state index contributed by atoms with van der Waals surface area (Å²) < 4.78 is 100.0. The van der Waals surface area contributed by atoms with E-state index in [1.165, 1.54) is 6.08 Å². The third-order valence-corrected chi connectivity index (χ3v) is 9.01. The Hall–Kier alpha value is -4.79. The number of hydrogen-bond acceptors (Lipinski definition) is 7. The lowest BCUT2D eigenvalue weighted by molar-refractivity contribution is -0.164. The van der Waals surface area contributed by atoms with Crippen LogP contribution in [0.3, 0.4) is 0 Å². The Balaban J connectivity index is 1.73. The number of aliphatic imine (C=N–C) groups is 1. The van der Waals surface area contributed by atoms with Crippen molar-refractivity contribution in [2.24, 2.45) is 4.99 Å². The Kier molecular flexibility index (Phi) is 13.2. The zero-order chi connectivity index (χ0) is 38.1. The molecule has 52 heavy (non-hydrogen) atoms. The lowest BCUT2D eigenvalue weighted by Gasteiger charge is -2.50. The van der Waals surface area contributed by atoms with E-state index < -0.39 is 52.5 Å². The summed E-state index contributed by atoms with van der Waals surface area (Å²) in [6.45, 7) is 9.96. The second-order valence-electron chi connectivity index (χ2n) is 12.2. The quantitative estimate of drug-likeness (QED) is 0.0559. The van der Waals surface area contributed by atoms with Crippen LogP contribution >= 0.6 is 0 Å². The van der Waals surface area contributed by atoms with Crippen LogP contribution in [-0.2, 0) is 20.5 Å². The first kappa shape index (κ1) is 40.0. The standard InChI is InChI=1S/C37H42F6N4O5/c1-5-10-32-35(52-27-15-13-26(14-16-27)36(38,39)40,17-9-18-47(32)33(48)28(25-44-3)29(6-2)37(41,42)43)34(49)46-21-19-45(20-22-46)30-11-7-8-12-31(30)51-24-23-50-4/h5-8,11-16,25,32H,1,3,9-10,17-24H2,2,4H3/b28-25+,29-6+/t32-,35+/m1/s1. The summed E-state index contributed by atoms with van der Waals surface area (Å²) >= 11 is 0. The summed E-state index contributed by atoms with van der Waals surface area (Å²) in [4.78, 5) is 37.2. The number of ether oxygens (including phenoxy) is 3. The average molecular weight is 737 g/mol. The number of para-hydroxylation sites is 2. The van der Waals surface area contributed by atoms with Crippen molar-refractivity contribution in [3.05, 3.63) is 90.2 Å². The summed E-state index contributed by atoms with van der Waals surface area (Å²) in [5.74, 6) is -1.08. The second kappa shape index (κ2) is 17.2. The van der Waals surface area contributed by atoms with Gasteiger partial charge in [-0.05, 0) is 62.9 Å². The van der Waals surface area contributed by atoms with Gasteiger partial charge in [0, 0.05) is 52.5 Å². The molecular formula is C37H42F6N4O5. The fourth-order valence-electron chi connectivity index (χ4n) is 6.59. The first-order valence-electron chi connectivity index (χ1n) is 16.6. The van der Waals surface area contributed by atoms with Crippen LogP contribution in [0.1, 0.15) is 31.7 Å². The molecule has 4 rings (SSSR count). The molecule has 2 atom stereocenters. The van der Waals surface area contributed by atoms with E-state index in [2.05, 4.69) is 18.3 Å². The van der Waals surface area contributed by atoms with E-state index in [0.717, 1.165) is 54.1 Å². The highest BCUT2D eigenvalue weighted by molar-refractivity contribution is 5.99. The monoisotopic (exact) mass is 736 g/mol. The maximum Gasteiger partial charge on any atom is 0.416 e. The number of halogens is 6. The Bertz CT molecular complexity index is 1630. The molecule has 2 saturated heterocycles. The lowest BCUT2D eigenvalue weighted by Crippen LogP contribution is -2.69. The maximum absolute atomic E-state index is 14.8. The van der Waals surface area contributed by atoms with Gasteiger partial charge in [0.1, 0.15) is 18.1 Å². The van der Waals surface area contributed by atoms with Crippen molar-refractivity contribution in [2.75, 3.05) is 57.9 Å². The summed E-state index contributed by atoms with van der Waals surface area (Å²) in [5.41, 5.74) is -4.07. The van der Waals surface area contributed by atoms with Crippen molar-refractivity contribution in [3.63, 3.8) is 0 Å². The molecule has 2 amide bonds. The average Bonchev–Trinajstić information content (AvgIpc) is 3.11. The number of carbonyl (C=O) groups excluding carboxylic acids is 2. The van der Waals surface area contributed by atoms with E-state index in [1.807, 2.05) is 29.2 Å². The van der Waals surface area contributed by atoms with E-state index >= 15 is 0 Å². The molecule has 0 N–H and O–H groups in total. The predicted molar refractivity (Wildman–Crippen MR) is 184 cm³/mol. The molecule has 2 aliphatic rings. The number of rotatable bonds is 13. The largest absolute Gasteiger partial charge is 0.489 e. The zero-order valence-corrected chi connectivity index (χ0v) is 29.0. The lowest BCUT2D eigenvalue weighted by atomic mass is 9.80. The number of alkyl halides is 6. The number of piperidine rings is 1. The van der Waals surface area contributed by atoms with Crippen LogP contribution in [0, 0.1) is 0 Å². The molecule has 0 unspecified atom stereocenters. The molecule has 2 heterocycles. The van der Waals surface area contributed by atoms with Crippen LogP contribution in [0.5, 0.6) is 11.5 Å². The van der Waals surface area contributed by atoms with Gasteiger partial charge in [0.2, 0.25) is 5.60 Å². The minimum absolute atomic E-state index is 0.0139. The number of hydrogen-bond donors (Lipinski definition) is 0. The van der Waals surface area contributed by atoms with Gasteiger partial charge in [-0.1, -0.05) is 24.3 Å². The molecule has 0 aromatic heterocycles. The number of piperazine rings is 1. The molecule has 2 aliphatic heterocycles. The van der Waals surface area contributed by atoms with Crippen molar-refractivity contribution in [2.45, 2.75) is 50.2 Å². The molecule has 0 bridgehead atoms. The molecule has 0 aliphatic carbocycles. The Morgan fingerprint density at radius 1 is 0.981 bits per heavy atom.